The van der Waals surface area contributed by atoms with E-state index in [9.17, 15) is 0 Å². The summed E-state index contributed by atoms with van der Waals surface area (Å²) in [7, 11) is 0. The second kappa shape index (κ2) is 7.91. The lowest BCUT2D eigenvalue weighted by Crippen LogP contribution is -2.26. The minimum atomic E-state index is 0.116. The molecule has 120 valence electrons. The van der Waals surface area contributed by atoms with Crippen molar-refractivity contribution in [3.05, 3.63) is 41.0 Å². The van der Waals surface area contributed by atoms with Crippen LogP contribution in [0.2, 0.25) is 0 Å². The van der Waals surface area contributed by atoms with Gasteiger partial charge in [-0.15, -0.1) is 0 Å². The number of aromatic nitrogens is 2. The predicted molar refractivity (Wildman–Crippen MR) is 82.6 cm³/mol. The lowest BCUT2D eigenvalue weighted by atomic mass is 10.1. The molecule has 0 bridgehead atoms. The minimum Gasteiger partial charge on any atom is -0.485 e. The van der Waals surface area contributed by atoms with Crippen molar-refractivity contribution in [1.29, 1.82) is 0 Å². The maximum absolute atomic E-state index is 8.98. The maximum atomic E-state index is 8.98. The van der Waals surface area contributed by atoms with E-state index in [2.05, 4.69) is 16.2 Å². The van der Waals surface area contributed by atoms with E-state index < -0.39 is 0 Å². The molecule has 0 radical (unpaired) electrons. The molecule has 1 N–H and O–H groups in total. The Hall–Kier alpha value is -1.92. The van der Waals surface area contributed by atoms with Crippen LogP contribution < -0.4 is 4.74 Å². The fourth-order valence-electron chi connectivity index (χ4n) is 2.26. The van der Waals surface area contributed by atoms with Crippen LogP contribution in [0.1, 0.15) is 29.8 Å². The summed E-state index contributed by atoms with van der Waals surface area (Å²) in [6.45, 7) is 8.43. The highest BCUT2D eigenvalue weighted by Crippen LogP contribution is 2.17. The highest BCUT2D eigenvalue weighted by atomic mass is 16.5. The second-order valence-corrected chi connectivity index (χ2v) is 5.31. The number of ether oxygens (including phenoxy) is 1. The highest BCUT2D eigenvalue weighted by Gasteiger charge is 2.11. The molecule has 2 rings (SSSR count). The van der Waals surface area contributed by atoms with E-state index in [1.807, 2.05) is 37.8 Å². The van der Waals surface area contributed by atoms with Crippen molar-refractivity contribution in [2.45, 2.75) is 33.9 Å². The zero-order valence-corrected chi connectivity index (χ0v) is 13.4. The summed E-state index contributed by atoms with van der Waals surface area (Å²) in [6.07, 6.45) is 0. The number of nitrogens with zero attached hydrogens (tertiary/aromatic N) is 3. The molecule has 22 heavy (non-hydrogen) atoms. The molecule has 1 heterocycles. The molecule has 0 amide bonds. The van der Waals surface area contributed by atoms with Gasteiger partial charge in [0.05, 0.1) is 13.2 Å². The Balaban J connectivity index is 1.91. The third-order valence-electron chi connectivity index (χ3n) is 3.30. The smallest absolute Gasteiger partial charge is 0.240 e. The van der Waals surface area contributed by atoms with Gasteiger partial charge in [0.2, 0.25) is 11.7 Å². The summed E-state index contributed by atoms with van der Waals surface area (Å²) in [5.41, 5.74) is 2.32. The number of hydrogen-bond acceptors (Lipinski definition) is 6. The first-order chi connectivity index (χ1) is 10.6. The number of likely N-dealkylation sites (N-methyl/N-ethyl adjacent to an activating group) is 1. The van der Waals surface area contributed by atoms with Gasteiger partial charge in [0.15, 0.2) is 6.61 Å². The van der Waals surface area contributed by atoms with Gasteiger partial charge in [0.25, 0.3) is 0 Å². The van der Waals surface area contributed by atoms with Gasteiger partial charge in [-0.1, -0.05) is 18.1 Å². The van der Waals surface area contributed by atoms with Crippen LogP contribution in [0, 0.1) is 13.8 Å². The van der Waals surface area contributed by atoms with Gasteiger partial charge in [-0.2, -0.15) is 4.98 Å². The summed E-state index contributed by atoms with van der Waals surface area (Å²) in [4.78, 5) is 6.34. The molecule has 0 aliphatic rings. The molecule has 1 aromatic heterocycles. The summed E-state index contributed by atoms with van der Waals surface area (Å²) >= 11 is 0. The van der Waals surface area contributed by atoms with Crippen molar-refractivity contribution in [3.63, 3.8) is 0 Å². The molecule has 1 aromatic carbocycles. The molecule has 0 saturated heterocycles. The first-order valence-corrected chi connectivity index (χ1v) is 7.46. The Labute approximate surface area is 130 Å². The number of rotatable bonds is 8. The van der Waals surface area contributed by atoms with Crippen LogP contribution in [0.3, 0.4) is 0 Å². The van der Waals surface area contributed by atoms with Crippen LogP contribution in [0.15, 0.2) is 22.7 Å². The molecule has 6 nitrogen and oxygen atoms in total. The Bertz CT molecular complexity index is 578. The average molecular weight is 305 g/mol. The van der Waals surface area contributed by atoms with E-state index in [1.165, 1.54) is 0 Å². The van der Waals surface area contributed by atoms with E-state index in [1.54, 1.807) is 0 Å². The fourth-order valence-corrected chi connectivity index (χ4v) is 2.26. The second-order valence-electron chi connectivity index (χ2n) is 5.31. The third kappa shape index (κ3) is 4.82. The summed E-state index contributed by atoms with van der Waals surface area (Å²) in [5.74, 6) is 1.86. The number of aryl methyl sites for hydroxylation is 2. The molecule has 0 unspecified atom stereocenters. The van der Waals surface area contributed by atoms with Crippen molar-refractivity contribution >= 4 is 0 Å². The zero-order valence-electron chi connectivity index (χ0n) is 13.4. The molecule has 0 aliphatic heterocycles. The van der Waals surface area contributed by atoms with Crippen molar-refractivity contribution in [2.24, 2.45) is 0 Å². The van der Waals surface area contributed by atoms with Gasteiger partial charge in [-0.3, -0.25) is 4.90 Å². The van der Waals surface area contributed by atoms with Gasteiger partial charge in [-0.05, 0) is 43.7 Å². The zero-order chi connectivity index (χ0) is 15.9. The van der Waals surface area contributed by atoms with E-state index in [0.29, 0.717) is 24.8 Å². The molecule has 0 fully saturated rings. The number of aliphatic hydroxyl groups excluding tert-OH is 1. The summed E-state index contributed by atoms with van der Waals surface area (Å²) < 4.78 is 10.9. The number of aliphatic hydroxyl groups is 1. The molecular weight excluding hydrogens is 282 g/mol. The van der Waals surface area contributed by atoms with Crippen LogP contribution in [-0.4, -0.2) is 39.8 Å². The monoisotopic (exact) mass is 305 g/mol. The van der Waals surface area contributed by atoms with Gasteiger partial charge < -0.3 is 14.4 Å². The highest BCUT2D eigenvalue weighted by molar-refractivity contribution is 5.32. The molecule has 0 aliphatic carbocycles. The van der Waals surface area contributed by atoms with Crippen LogP contribution in [0.4, 0.5) is 0 Å². The van der Waals surface area contributed by atoms with Crippen molar-refractivity contribution < 1.29 is 14.4 Å². The largest absolute Gasteiger partial charge is 0.485 e. The third-order valence-corrected chi connectivity index (χ3v) is 3.30. The first kappa shape index (κ1) is 16.5. The Morgan fingerprint density at radius 1 is 1.23 bits per heavy atom. The van der Waals surface area contributed by atoms with Crippen molar-refractivity contribution in [3.8, 4) is 5.75 Å². The standard InChI is InChI=1S/C16H23N3O3/c1-4-19(5-6-20)10-16-17-15(18-22-16)11-21-14-8-12(2)7-13(3)9-14/h7-9,20H,4-6,10-11H2,1-3H3. The summed E-state index contributed by atoms with van der Waals surface area (Å²) in [6, 6.07) is 6.06. The van der Waals surface area contributed by atoms with Crippen LogP contribution in [0.5, 0.6) is 5.75 Å². The van der Waals surface area contributed by atoms with Gasteiger partial charge in [-0.25, -0.2) is 0 Å². The molecular formula is C16H23N3O3. The quantitative estimate of drug-likeness (QED) is 0.805. The van der Waals surface area contributed by atoms with E-state index >= 15 is 0 Å². The Morgan fingerprint density at radius 2 is 1.95 bits per heavy atom. The average Bonchev–Trinajstić information content (AvgIpc) is 2.91. The normalized spacial score (nSPS) is 11.1. The Morgan fingerprint density at radius 3 is 2.59 bits per heavy atom. The maximum Gasteiger partial charge on any atom is 0.240 e. The van der Waals surface area contributed by atoms with Crippen LogP contribution >= 0.6 is 0 Å². The molecule has 0 atom stereocenters. The lowest BCUT2D eigenvalue weighted by Gasteiger charge is -2.15. The SMILES string of the molecule is CCN(CCO)Cc1nc(COc2cc(C)cc(C)c2)no1. The van der Waals surface area contributed by atoms with Gasteiger partial charge in [0, 0.05) is 6.54 Å². The topological polar surface area (TPSA) is 71.6 Å². The van der Waals surface area contributed by atoms with E-state index in [4.69, 9.17) is 14.4 Å². The summed E-state index contributed by atoms with van der Waals surface area (Å²) in [5, 5.41) is 12.9. The number of benzene rings is 1. The molecule has 2 aromatic rings. The lowest BCUT2D eigenvalue weighted by molar-refractivity contribution is 0.180. The molecule has 0 spiro atoms. The molecule has 0 saturated carbocycles. The van der Waals surface area contributed by atoms with Crippen molar-refractivity contribution in [2.75, 3.05) is 19.7 Å². The van der Waals surface area contributed by atoms with Crippen molar-refractivity contribution in [1.82, 2.24) is 15.0 Å². The van der Waals surface area contributed by atoms with Crippen LogP contribution in [-0.2, 0) is 13.2 Å². The van der Waals surface area contributed by atoms with Crippen LogP contribution in [0.25, 0.3) is 0 Å². The van der Waals surface area contributed by atoms with E-state index in [-0.39, 0.29) is 13.2 Å². The Kier molecular flexibility index (Phi) is 5.91. The van der Waals surface area contributed by atoms with E-state index in [0.717, 1.165) is 23.4 Å². The molecule has 6 heteroatoms. The van der Waals surface area contributed by atoms with Gasteiger partial charge >= 0.3 is 0 Å². The fraction of sp³-hybridized carbons (Fsp3) is 0.500. The number of hydrogen-bond donors (Lipinski definition) is 1. The first-order valence-electron chi connectivity index (χ1n) is 7.46. The minimum absolute atomic E-state index is 0.116. The van der Waals surface area contributed by atoms with Gasteiger partial charge in [0.1, 0.15) is 5.75 Å². The predicted octanol–water partition coefficient (Wildman–Crippen LogP) is 2.08.